The van der Waals surface area contributed by atoms with Crippen LogP contribution in [0.2, 0.25) is 0 Å². The van der Waals surface area contributed by atoms with E-state index in [1.165, 1.54) is 17.7 Å². The minimum absolute atomic E-state index is 0.000338. The van der Waals surface area contributed by atoms with Crippen molar-refractivity contribution in [1.82, 2.24) is 10.2 Å². The smallest absolute Gasteiger partial charge is 0.230 e. The zero-order valence-corrected chi connectivity index (χ0v) is 15.9. The Labute approximate surface area is 163 Å². The third-order valence-corrected chi connectivity index (χ3v) is 5.52. The van der Waals surface area contributed by atoms with Crippen LogP contribution in [0.5, 0.6) is 0 Å². The average molecular weight is 386 g/mol. The van der Waals surface area contributed by atoms with Crippen LogP contribution in [0.3, 0.4) is 0 Å². The molecule has 1 aliphatic heterocycles. The number of hydrogen-bond donors (Lipinski definition) is 1. The van der Waals surface area contributed by atoms with Crippen molar-refractivity contribution in [2.75, 3.05) is 18.8 Å². The van der Waals surface area contributed by atoms with Crippen molar-refractivity contribution < 1.29 is 14.0 Å². The normalized spacial score (nSPS) is 16.6. The Morgan fingerprint density at radius 1 is 1.11 bits per heavy atom. The van der Waals surface area contributed by atoms with Crippen LogP contribution in [0.15, 0.2) is 54.6 Å². The molecule has 4 nitrogen and oxygen atoms in total. The van der Waals surface area contributed by atoms with E-state index in [0.717, 1.165) is 11.3 Å². The van der Waals surface area contributed by atoms with Crippen molar-refractivity contribution >= 4 is 23.6 Å². The fourth-order valence-corrected chi connectivity index (χ4v) is 3.92. The molecule has 0 spiro atoms. The number of likely N-dealkylation sites (tertiary alicyclic amines) is 1. The quantitative estimate of drug-likeness (QED) is 0.758. The molecule has 1 atom stereocenters. The van der Waals surface area contributed by atoms with Gasteiger partial charge in [-0.2, -0.15) is 0 Å². The van der Waals surface area contributed by atoms with Gasteiger partial charge in [0.15, 0.2) is 0 Å². The lowest BCUT2D eigenvalue weighted by Gasteiger charge is -2.17. The number of nitrogens with one attached hydrogen (secondary N) is 1. The molecule has 2 amide bonds. The number of thioether (sulfide) groups is 1. The van der Waals surface area contributed by atoms with Gasteiger partial charge in [0, 0.05) is 37.7 Å². The molecule has 0 bridgehead atoms. The Morgan fingerprint density at radius 3 is 2.59 bits per heavy atom. The summed E-state index contributed by atoms with van der Waals surface area (Å²) in [5.41, 5.74) is 2.11. The van der Waals surface area contributed by atoms with E-state index in [1.807, 2.05) is 30.3 Å². The lowest BCUT2D eigenvalue weighted by Crippen LogP contribution is -2.32. The number of carbonyl (C=O) groups excluding carboxylic acids is 2. The Hall–Kier alpha value is -2.34. The second-order valence-electron chi connectivity index (χ2n) is 6.75. The number of halogens is 1. The minimum atomic E-state index is -0.280. The standard InChI is InChI=1S/C21H23FN2O2S/c22-19-8-6-16(7-9-19)12-24-13-18(10-21(24)26)11-23-20(25)15-27-14-17-4-2-1-3-5-17/h1-9,18H,10-15H2,(H,23,25). The summed E-state index contributed by atoms with van der Waals surface area (Å²) < 4.78 is 13.0. The van der Waals surface area contributed by atoms with Crippen LogP contribution in [0.1, 0.15) is 17.5 Å². The maximum atomic E-state index is 13.0. The topological polar surface area (TPSA) is 49.4 Å². The number of benzene rings is 2. The van der Waals surface area contributed by atoms with Gasteiger partial charge >= 0.3 is 0 Å². The van der Waals surface area contributed by atoms with Gasteiger partial charge in [-0.15, -0.1) is 11.8 Å². The Bertz CT molecular complexity index is 768. The molecule has 1 unspecified atom stereocenters. The van der Waals surface area contributed by atoms with Crippen molar-refractivity contribution in [3.05, 3.63) is 71.5 Å². The molecular formula is C21H23FN2O2S. The van der Waals surface area contributed by atoms with Gasteiger partial charge in [0.2, 0.25) is 11.8 Å². The summed E-state index contributed by atoms with van der Waals surface area (Å²) in [6.45, 7) is 1.61. The molecule has 0 radical (unpaired) electrons. The van der Waals surface area contributed by atoms with Crippen LogP contribution in [0.25, 0.3) is 0 Å². The fraction of sp³-hybridized carbons (Fsp3) is 0.333. The molecule has 142 valence electrons. The molecule has 0 aromatic heterocycles. The highest BCUT2D eigenvalue weighted by molar-refractivity contribution is 7.99. The number of nitrogens with zero attached hydrogens (tertiary/aromatic N) is 1. The van der Waals surface area contributed by atoms with Gasteiger partial charge in [0.25, 0.3) is 0 Å². The van der Waals surface area contributed by atoms with Crippen molar-refractivity contribution in [2.24, 2.45) is 5.92 Å². The van der Waals surface area contributed by atoms with Gasteiger partial charge in [-0.1, -0.05) is 42.5 Å². The third-order valence-electron chi connectivity index (χ3n) is 4.51. The predicted molar refractivity (Wildman–Crippen MR) is 106 cm³/mol. The monoisotopic (exact) mass is 386 g/mol. The summed E-state index contributed by atoms with van der Waals surface area (Å²) in [4.78, 5) is 25.9. The van der Waals surface area contributed by atoms with Gasteiger partial charge in [-0.25, -0.2) is 4.39 Å². The number of hydrogen-bond acceptors (Lipinski definition) is 3. The Balaban J connectivity index is 1.36. The van der Waals surface area contributed by atoms with Crippen molar-refractivity contribution in [3.63, 3.8) is 0 Å². The van der Waals surface area contributed by atoms with Gasteiger partial charge in [-0.3, -0.25) is 9.59 Å². The van der Waals surface area contributed by atoms with E-state index in [9.17, 15) is 14.0 Å². The molecule has 1 saturated heterocycles. The molecule has 1 heterocycles. The fourth-order valence-electron chi connectivity index (χ4n) is 3.10. The highest BCUT2D eigenvalue weighted by Crippen LogP contribution is 2.20. The summed E-state index contributed by atoms with van der Waals surface area (Å²) in [7, 11) is 0. The minimum Gasteiger partial charge on any atom is -0.355 e. The van der Waals surface area contributed by atoms with E-state index < -0.39 is 0 Å². The highest BCUT2D eigenvalue weighted by atomic mass is 32.2. The zero-order chi connectivity index (χ0) is 19.1. The van der Waals surface area contributed by atoms with Crippen LogP contribution in [-0.4, -0.2) is 35.6 Å². The van der Waals surface area contributed by atoms with Crippen LogP contribution in [-0.2, 0) is 21.9 Å². The molecule has 0 saturated carbocycles. The predicted octanol–water partition coefficient (Wildman–Crippen LogP) is 3.22. The molecule has 3 rings (SSSR count). The van der Waals surface area contributed by atoms with Gasteiger partial charge in [0.05, 0.1) is 5.75 Å². The highest BCUT2D eigenvalue weighted by Gasteiger charge is 2.29. The first-order valence-corrected chi connectivity index (χ1v) is 10.2. The summed E-state index contributed by atoms with van der Waals surface area (Å²) in [5, 5.41) is 2.94. The number of carbonyl (C=O) groups is 2. The SMILES string of the molecule is O=C(CSCc1ccccc1)NCC1CC(=O)N(Cc2ccc(F)cc2)C1. The summed E-state index contributed by atoms with van der Waals surface area (Å²) in [6.07, 6.45) is 0.443. The molecule has 2 aromatic rings. The first-order chi connectivity index (χ1) is 13.1. The maximum Gasteiger partial charge on any atom is 0.230 e. The summed E-state index contributed by atoms with van der Waals surface area (Å²) in [5.74, 6) is 1.15. The van der Waals surface area contributed by atoms with Crippen molar-refractivity contribution in [2.45, 2.75) is 18.7 Å². The number of rotatable bonds is 8. The second kappa shape index (κ2) is 9.55. The van der Waals surface area contributed by atoms with E-state index in [2.05, 4.69) is 5.32 Å². The molecule has 1 aliphatic rings. The van der Waals surface area contributed by atoms with Gasteiger partial charge in [0.1, 0.15) is 5.82 Å². The molecule has 1 fully saturated rings. The lowest BCUT2D eigenvalue weighted by atomic mass is 10.1. The third kappa shape index (κ3) is 6.10. The molecule has 0 aliphatic carbocycles. The molecule has 27 heavy (non-hydrogen) atoms. The summed E-state index contributed by atoms with van der Waals surface area (Å²) in [6, 6.07) is 16.2. The Kier molecular flexibility index (Phi) is 6.87. The summed E-state index contributed by atoms with van der Waals surface area (Å²) >= 11 is 1.58. The maximum absolute atomic E-state index is 13.0. The molecule has 2 aromatic carbocycles. The average Bonchev–Trinajstić information content (AvgIpc) is 3.02. The second-order valence-corrected chi connectivity index (χ2v) is 7.74. The number of amides is 2. The molecule has 1 N–H and O–H groups in total. The van der Waals surface area contributed by atoms with Crippen molar-refractivity contribution in [1.29, 1.82) is 0 Å². The van der Waals surface area contributed by atoms with Crippen LogP contribution in [0.4, 0.5) is 4.39 Å². The van der Waals surface area contributed by atoms with Gasteiger partial charge < -0.3 is 10.2 Å². The van der Waals surface area contributed by atoms with Crippen LogP contribution >= 0.6 is 11.8 Å². The first kappa shape index (κ1) is 19.4. The molecule has 6 heteroatoms. The zero-order valence-electron chi connectivity index (χ0n) is 15.1. The van der Waals surface area contributed by atoms with E-state index >= 15 is 0 Å². The molecular weight excluding hydrogens is 363 g/mol. The van der Waals surface area contributed by atoms with E-state index in [1.54, 1.807) is 28.8 Å². The Morgan fingerprint density at radius 2 is 1.85 bits per heavy atom. The van der Waals surface area contributed by atoms with Crippen LogP contribution in [0, 0.1) is 11.7 Å². The van der Waals surface area contributed by atoms with E-state index in [4.69, 9.17) is 0 Å². The lowest BCUT2D eigenvalue weighted by molar-refractivity contribution is -0.128. The van der Waals surface area contributed by atoms with Crippen LogP contribution < -0.4 is 5.32 Å². The largest absolute Gasteiger partial charge is 0.355 e. The van der Waals surface area contributed by atoms with E-state index in [-0.39, 0.29) is 23.5 Å². The van der Waals surface area contributed by atoms with E-state index in [0.29, 0.717) is 31.8 Å². The first-order valence-electron chi connectivity index (χ1n) is 9.01. The van der Waals surface area contributed by atoms with Gasteiger partial charge in [-0.05, 0) is 23.3 Å². The van der Waals surface area contributed by atoms with Crippen molar-refractivity contribution in [3.8, 4) is 0 Å².